The molecule has 1 saturated heterocycles. The summed E-state index contributed by atoms with van der Waals surface area (Å²) in [5, 5.41) is 4.36. The van der Waals surface area contributed by atoms with Crippen LogP contribution in [0.1, 0.15) is 55.9 Å². The molecule has 1 saturated carbocycles. The summed E-state index contributed by atoms with van der Waals surface area (Å²) in [4.78, 5) is 31.7. The molecule has 7 nitrogen and oxygen atoms in total. The second kappa shape index (κ2) is 9.47. The number of ether oxygens (including phenoxy) is 1. The number of hydrogen-bond donors (Lipinski definition) is 1. The minimum absolute atomic E-state index is 0.0162. The van der Waals surface area contributed by atoms with Crippen LogP contribution < -0.4 is 5.32 Å². The van der Waals surface area contributed by atoms with Crippen molar-refractivity contribution in [3.63, 3.8) is 0 Å². The molecule has 1 aromatic heterocycles. The smallest absolute Gasteiger partial charge is 0.271 e. The number of amides is 2. The van der Waals surface area contributed by atoms with E-state index in [0.29, 0.717) is 18.8 Å². The molecule has 7 heteroatoms. The van der Waals surface area contributed by atoms with Gasteiger partial charge in [-0.25, -0.2) is 0 Å². The number of carbonyl (C=O) groups is 2. The summed E-state index contributed by atoms with van der Waals surface area (Å²) in [6, 6.07) is 10.3. The van der Waals surface area contributed by atoms with Crippen molar-refractivity contribution >= 4 is 22.7 Å². The lowest BCUT2D eigenvalue weighted by molar-refractivity contribution is -0.133. The van der Waals surface area contributed by atoms with Crippen LogP contribution in [-0.4, -0.2) is 77.2 Å². The monoisotopic (exact) mass is 452 g/mol. The van der Waals surface area contributed by atoms with Crippen molar-refractivity contribution < 1.29 is 14.3 Å². The normalized spacial score (nSPS) is 24.8. The van der Waals surface area contributed by atoms with E-state index in [0.717, 1.165) is 75.9 Å². The molecular formula is C26H36N4O3. The highest BCUT2D eigenvalue weighted by Gasteiger charge is 2.47. The summed E-state index contributed by atoms with van der Waals surface area (Å²) in [7, 11) is 0. The Kier molecular flexibility index (Phi) is 6.43. The number of fused-ring (bicyclic) bond motifs is 3. The number of benzene rings is 1. The predicted octanol–water partition coefficient (Wildman–Crippen LogP) is 3.03. The second-order valence-corrected chi connectivity index (χ2v) is 10.0. The molecule has 0 unspecified atom stereocenters. The number of nitrogens with one attached hydrogen (secondary N) is 1. The molecule has 2 aliphatic heterocycles. The van der Waals surface area contributed by atoms with Gasteiger partial charge in [0.05, 0.1) is 19.8 Å². The Bertz CT molecular complexity index is 1010. The van der Waals surface area contributed by atoms with Gasteiger partial charge in [0.1, 0.15) is 11.2 Å². The maximum Gasteiger partial charge on any atom is 0.271 e. The summed E-state index contributed by atoms with van der Waals surface area (Å²) >= 11 is 0. The Balaban J connectivity index is 1.40. The largest absolute Gasteiger partial charge is 0.379 e. The van der Waals surface area contributed by atoms with Crippen LogP contribution in [0.5, 0.6) is 0 Å². The molecule has 1 atom stereocenters. The van der Waals surface area contributed by atoms with Crippen LogP contribution in [-0.2, 0) is 16.1 Å². The molecular weight excluding hydrogens is 416 g/mol. The lowest BCUT2D eigenvalue weighted by Crippen LogP contribution is -2.65. The van der Waals surface area contributed by atoms with Crippen molar-refractivity contribution in [3.05, 3.63) is 36.0 Å². The molecule has 5 rings (SSSR count). The topological polar surface area (TPSA) is 66.8 Å². The number of rotatable bonds is 6. The van der Waals surface area contributed by atoms with E-state index in [1.54, 1.807) is 0 Å². The van der Waals surface area contributed by atoms with Crippen LogP contribution >= 0.6 is 0 Å². The lowest BCUT2D eigenvalue weighted by Gasteiger charge is -2.45. The Labute approximate surface area is 196 Å². The predicted molar refractivity (Wildman–Crippen MR) is 128 cm³/mol. The van der Waals surface area contributed by atoms with E-state index < -0.39 is 5.54 Å². The first-order valence-corrected chi connectivity index (χ1v) is 12.6. The van der Waals surface area contributed by atoms with Gasteiger partial charge in [0, 0.05) is 43.1 Å². The van der Waals surface area contributed by atoms with E-state index in [2.05, 4.69) is 14.8 Å². The number of hydrogen-bond acceptors (Lipinski definition) is 4. The molecule has 2 fully saturated rings. The van der Waals surface area contributed by atoms with E-state index >= 15 is 0 Å². The Morgan fingerprint density at radius 1 is 1.12 bits per heavy atom. The lowest BCUT2D eigenvalue weighted by atomic mass is 9.91. The zero-order valence-corrected chi connectivity index (χ0v) is 19.7. The van der Waals surface area contributed by atoms with Crippen LogP contribution in [0.2, 0.25) is 0 Å². The van der Waals surface area contributed by atoms with Crippen molar-refractivity contribution in [2.24, 2.45) is 0 Å². The van der Waals surface area contributed by atoms with Gasteiger partial charge in [0.25, 0.3) is 5.91 Å². The maximum absolute atomic E-state index is 13.8. The van der Waals surface area contributed by atoms with Gasteiger partial charge in [0.2, 0.25) is 5.91 Å². The van der Waals surface area contributed by atoms with E-state index in [4.69, 9.17) is 4.74 Å². The fourth-order valence-electron chi connectivity index (χ4n) is 5.72. The standard InChI is InChI=1S/C26H36N4O3/c1-26(25(32)27-21-9-3-2-4-10-21)19-29-22-11-6-5-8-20(22)18-23(29)24(31)30(26)13-7-12-28-14-16-33-17-15-28/h5-6,8,11,18,21H,2-4,7,9-10,12-17,19H2,1H3,(H,27,32)/t26-/m0/s1. The molecule has 1 aliphatic carbocycles. The maximum atomic E-state index is 13.8. The van der Waals surface area contributed by atoms with E-state index in [-0.39, 0.29) is 17.9 Å². The second-order valence-electron chi connectivity index (χ2n) is 10.0. The molecule has 0 radical (unpaired) electrons. The van der Waals surface area contributed by atoms with Gasteiger partial charge in [-0.2, -0.15) is 0 Å². The number of nitrogens with zero attached hydrogens (tertiary/aromatic N) is 3. The quantitative estimate of drug-likeness (QED) is 0.732. The van der Waals surface area contributed by atoms with Gasteiger partial charge in [-0.05, 0) is 38.3 Å². The highest BCUT2D eigenvalue weighted by Crippen LogP contribution is 2.33. The fraction of sp³-hybridized carbons (Fsp3) is 0.615. The molecule has 2 amide bonds. The first kappa shape index (κ1) is 22.4. The SMILES string of the molecule is C[C@@]1(C(=O)NC2CCCCC2)Cn2c(cc3ccccc32)C(=O)N1CCCN1CCOCC1. The number of para-hydroxylation sites is 1. The van der Waals surface area contributed by atoms with Gasteiger partial charge >= 0.3 is 0 Å². The summed E-state index contributed by atoms with van der Waals surface area (Å²) in [6.45, 7) is 7.33. The highest BCUT2D eigenvalue weighted by atomic mass is 16.5. The summed E-state index contributed by atoms with van der Waals surface area (Å²) in [6.07, 6.45) is 6.48. The van der Waals surface area contributed by atoms with Gasteiger partial charge in [-0.1, -0.05) is 37.5 Å². The third-order valence-electron chi connectivity index (χ3n) is 7.73. The Hall–Kier alpha value is -2.38. The van der Waals surface area contributed by atoms with Crippen molar-refractivity contribution in [1.29, 1.82) is 0 Å². The zero-order valence-electron chi connectivity index (χ0n) is 19.7. The third kappa shape index (κ3) is 4.41. The molecule has 0 spiro atoms. The third-order valence-corrected chi connectivity index (χ3v) is 7.73. The molecule has 33 heavy (non-hydrogen) atoms. The van der Waals surface area contributed by atoms with E-state index in [9.17, 15) is 9.59 Å². The summed E-state index contributed by atoms with van der Waals surface area (Å²) in [5.41, 5.74) is 0.796. The van der Waals surface area contributed by atoms with E-state index in [1.807, 2.05) is 42.2 Å². The minimum Gasteiger partial charge on any atom is -0.379 e. The molecule has 3 heterocycles. The van der Waals surface area contributed by atoms with Gasteiger partial charge in [-0.15, -0.1) is 0 Å². The fourth-order valence-corrected chi connectivity index (χ4v) is 5.72. The number of aromatic nitrogens is 1. The average molecular weight is 453 g/mol. The Morgan fingerprint density at radius 2 is 1.88 bits per heavy atom. The molecule has 1 aromatic carbocycles. The molecule has 2 aromatic rings. The number of morpholine rings is 1. The number of carbonyl (C=O) groups excluding carboxylic acids is 2. The van der Waals surface area contributed by atoms with Crippen LogP contribution in [0.25, 0.3) is 10.9 Å². The van der Waals surface area contributed by atoms with E-state index in [1.165, 1.54) is 6.42 Å². The van der Waals surface area contributed by atoms with Crippen LogP contribution in [0.15, 0.2) is 30.3 Å². The van der Waals surface area contributed by atoms with Gasteiger partial charge in [0.15, 0.2) is 0 Å². The Morgan fingerprint density at radius 3 is 2.67 bits per heavy atom. The highest BCUT2D eigenvalue weighted by molar-refractivity contribution is 6.03. The molecule has 1 N–H and O–H groups in total. The van der Waals surface area contributed by atoms with Crippen molar-refractivity contribution in [1.82, 2.24) is 19.7 Å². The summed E-state index contributed by atoms with van der Waals surface area (Å²) < 4.78 is 7.51. The van der Waals surface area contributed by atoms with Crippen molar-refractivity contribution in [2.45, 2.75) is 63.6 Å². The first-order chi connectivity index (χ1) is 16.1. The first-order valence-electron chi connectivity index (χ1n) is 12.6. The van der Waals surface area contributed by atoms with Crippen molar-refractivity contribution in [2.75, 3.05) is 39.4 Å². The van der Waals surface area contributed by atoms with Crippen LogP contribution in [0, 0.1) is 0 Å². The zero-order chi connectivity index (χ0) is 22.8. The van der Waals surface area contributed by atoms with Crippen LogP contribution in [0.4, 0.5) is 0 Å². The minimum atomic E-state index is -0.908. The molecule has 0 bridgehead atoms. The summed E-state index contributed by atoms with van der Waals surface area (Å²) in [5.74, 6) is -0.0572. The average Bonchev–Trinajstić information content (AvgIpc) is 3.21. The molecule has 3 aliphatic rings. The van der Waals surface area contributed by atoms with Gasteiger partial charge in [-0.3, -0.25) is 14.5 Å². The molecule has 178 valence electrons. The van der Waals surface area contributed by atoms with Gasteiger partial charge < -0.3 is 19.5 Å². The van der Waals surface area contributed by atoms with Crippen molar-refractivity contribution in [3.8, 4) is 0 Å². The van der Waals surface area contributed by atoms with Crippen LogP contribution in [0.3, 0.4) is 0 Å².